The number of rotatable bonds is 5. The van der Waals surface area contributed by atoms with E-state index in [0.29, 0.717) is 5.52 Å². The summed E-state index contributed by atoms with van der Waals surface area (Å²) in [5.74, 6) is -10.1. The van der Waals surface area contributed by atoms with Crippen LogP contribution in [-0.4, -0.2) is 84.2 Å². The fraction of sp³-hybridized carbons (Fsp3) is 0.300. The summed E-state index contributed by atoms with van der Waals surface area (Å²) < 4.78 is 17.0. The Labute approximate surface area is 248 Å². The van der Waals surface area contributed by atoms with E-state index >= 15 is 4.39 Å². The van der Waals surface area contributed by atoms with Crippen molar-refractivity contribution in [2.24, 2.45) is 17.6 Å². The summed E-state index contributed by atoms with van der Waals surface area (Å²) in [5.41, 5.74) is 0.800. The van der Waals surface area contributed by atoms with Crippen molar-refractivity contribution in [1.29, 1.82) is 0 Å². The first-order valence-corrected chi connectivity index (χ1v) is 13.7. The van der Waals surface area contributed by atoms with Gasteiger partial charge in [0, 0.05) is 28.5 Å². The summed E-state index contributed by atoms with van der Waals surface area (Å²) in [4.78, 5) is 53.5. The number of nitrogens with two attached hydrogens (primary N) is 1. The number of hydrogen-bond donors (Lipinski definition) is 6. The second-order valence-corrected chi connectivity index (χ2v) is 11.5. The standard InChI is InChI=1S/C30H28FN5O8/c1-35(2)23-15-8-13-7-14-16(31)9-17(34-19(37)11-36-18-6-4-3-5-12(18)10-33-36)24(38)21(14)25(39)20(13)27(41)30(15,44)28(42)22(26(23)40)29(32)43/h3-6,9-10,13,15,23,38-39,42,44H,7-8,11H2,1-2H3,(H2,32,43)(H,34,37)/t13-,15-,23-,30-/m0/s1. The average Bonchev–Trinajstić information content (AvgIpc) is 3.35. The van der Waals surface area contributed by atoms with E-state index in [4.69, 9.17) is 5.73 Å². The molecule has 2 amide bonds. The molecule has 0 spiro atoms. The number of nitrogens with one attached hydrogen (secondary N) is 1. The molecule has 13 nitrogen and oxygen atoms in total. The van der Waals surface area contributed by atoms with Crippen molar-refractivity contribution in [1.82, 2.24) is 14.7 Å². The largest absolute Gasteiger partial charge is 0.508 e. The summed E-state index contributed by atoms with van der Waals surface area (Å²) in [5, 5.41) is 52.4. The van der Waals surface area contributed by atoms with Gasteiger partial charge in [-0.05, 0) is 38.9 Å². The third-order valence-corrected chi connectivity index (χ3v) is 8.78. The predicted octanol–water partition coefficient (Wildman–Crippen LogP) is 1.09. The van der Waals surface area contributed by atoms with Crippen LogP contribution >= 0.6 is 0 Å². The number of Topliss-reactive ketones (excluding diaryl/α,β-unsaturated/α-hetero) is 2. The topological polar surface area (TPSA) is 208 Å². The molecule has 2 aromatic carbocycles. The maximum absolute atomic E-state index is 15.5. The van der Waals surface area contributed by atoms with Crippen LogP contribution in [0.15, 0.2) is 53.4 Å². The van der Waals surface area contributed by atoms with E-state index in [1.54, 1.807) is 18.3 Å². The van der Waals surface area contributed by atoms with Gasteiger partial charge in [-0.1, -0.05) is 18.2 Å². The molecule has 7 N–H and O–H groups in total. The molecule has 1 heterocycles. The van der Waals surface area contributed by atoms with Crippen molar-refractivity contribution in [2.75, 3.05) is 19.4 Å². The Morgan fingerprint density at radius 3 is 2.59 bits per heavy atom. The highest BCUT2D eigenvalue weighted by molar-refractivity contribution is 6.24. The zero-order chi connectivity index (χ0) is 31.8. The quantitative estimate of drug-likeness (QED) is 0.180. The van der Waals surface area contributed by atoms with Gasteiger partial charge in [0.1, 0.15) is 29.5 Å². The number of hydrogen-bond acceptors (Lipinski definition) is 10. The lowest BCUT2D eigenvalue weighted by Gasteiger charge is -2.50. The fourth-order valence-corrected chi connectivity index (χ4v) is 6.84. The maximum atomic E-state index is 15.5. The lowest BCUT2D eigenvalue weighted by molar-refractivity contribution is -0.153. The number of para-hydroxylation sites is 1. The SMILES string of the molecule is CN(C)[C@@H]1C(=O)C(C(N)=O)=C(O)[C@@]2(O)C(=O)C3=C(O)c4c(O)c(NC(=O)Cn5ncc6ccccc65)cc(F)c4C[C@H]3C[C@@H]12. The number of halogens is 1. The van der Waals surface area contributed by atoms with Gasteiger partial charge in [0.15, 0.2) is 17.1 Å². The predicted molar refractivity (Wildman–Crippen MR) is 153 cm³/mol. The smallest absolute Gasteiger partial charge is 0.255 e. The van der Waals surface area contributed by atoms with Gasteiger partial charge >= 0.3 is 0 Å². The van der Waals surface area contributed by atoms with Gasteiger partial charge in [-0.25, -0.2) is 4.39 Å². The number of primary amides is 1. The first-order chi connectivity index (χ1) is 20.8. The number of aromatic nitrogens is 2. The zero-order valence-electron chi connectivity index (χ0n) is 23.5. The summed E-state index contributed by atoms with van der Waals surface area (Å²) in [6, 6.07) is 6.80. The summed E-state index contributed by atoms with van der Waals surface area (Å²) in [6.45, 7) is -0.284. The number of anilines is 1. The molecule has 3 aliphatic rings. The van der Waals surface area contributed by atoms with Crippen LogP contribution in [0.5, 0.6) is 5.75 Å². The lowest BCUT2D eigenvalue weighted by Crippen LogP contribution is -2.65. The van der Waals surface area contributed by atoms with Gasteiger partial charge in [0.2, 0.25) is 11.7 Å². The van der Waals surface area contributed by atoms with Gasteiger partial charge in [-0.15, -0.1) is 0 Å². The molecule has 1 fully saturated rings. The fourth-order valence-electron chi connectivity index (χ4n) is 6.84. The Morgan fingerprint density at radius 2 is 1.91 bits per heavy atom. The highest BCUT2D eigenvalue weighted by atomic mass is 19.1. The van der Waals surface area contributed by atoms with Crippen LogP contribution < -0.4 is 11.1 Å². The highest BCUT2D eigenvalue weighted by Crippen LogP contribution is 2.53. The van der Waals surface area contributed by atoms with Crippen molar-refractivity contribution in [3.05, 3.63) is 70.4 Å². The normalized spacial score (nSPS) is 24.8. The molecule has 1 aromatic heterocycles. The molecule has 0 radical (unpaired) electrons. The number of aliphatic hydroxyl groups excluding tert-OH is 2. The highest BCUT2D eigenvalue weighted by Gasteiger charge is 2.64. The zero-order valence-corrected chi connectivity index (χ0v) is 23.5. The number of amides is 2. The number of benzene rings is 2. The molecule has 0 unspecified atom stereocenters. The van der Waals surface area contributed by atoms with E-state index in [2.05, 4.69) is 10.4 Å². The Morgan fingerprint density at radius 1 is 1.20 bits per heavy atom. The maximum Gasteiger partial charge on any atom is 0.255 e. The van der Waals surface area contributed by atoms with Crippen LogP contribution in [0.25, 0.3) is 16.7 Å². The molecule has 228 valence electrons. The number of fused-ring (bicyclic) bond motifs is 4. The number of ketones is 2. The number of carbonyl (C=O) groups is 4. The molecule has 4 atom stereocenters. The molecule has 0 bridgehead atoms. The Balaban J connectivity index is 1.40. The Hall–Kier alpha value is -5.08. The number of phenols is 1. The van der Waals surface area contributed by atoms with Crippen molar-refractivity contribution in [2.45, 2.75) is 31.0 Å². The summed E-state index contributed by atoms with van der Waals surface area (Å²) >= 11 is 0. The van der Waals surface area contributed by atoms with Gasteiger partial charge in [-0.3, -0.25) is 28.8 Å². The molecule has 3 aromatic rings. The third-order valence-electron chi connectivity index (χ3n) is 8.78. The average molecular weight is 606 g/mol. The van der Waals surface area contributed by atoms with Gasteiger partial charge in [0.05, 0.1) is 29.0 Å². The van der Waals surface area contributed by atoms with Gasteiger partial charge < -0.3 is 31.5 Å². The minimum atomic E-state index is -2.82. The molecule has 44 heavy (non-hydrogen) atoms. The van der Waals surface area contributed by atoms with E-state index in [1.165, 1.54) is 23.7 Å². The van der Waals surface area contributed by atoms with Crippen LogP contribution in [-0.2, 0) is 32.1 Å². The van der Waals surface area contributed by atoms with Crippen molar-refractivity contribution >= 4 is 45.7 Å². The Bertz CT molecular complexity index is 1880. The van der Waals surface area contributed by atoms with Gasteiger partial charge in [-0.2, -0.15) is 5.10 Å². The van der Waals surface area contributed by atoms with E-state index < -0.39 is 86.7 Å². The molecule has 0 aliphatic heterocycles. The Kier molecular flexibility index (Phi) is 6.59. The van der Waals surface area contributed by atoms with E-state index in [1.807, 2.05) is 12.1 Å². The molecule has 0 saturated heterocycles. The minimum absolute atomic E-state index is 0.149. The first kappa shape index (κ1) is 29.0. The monoisotopic (exact) mass is 605 g/mol. The number of likely N-dealkylation sites (N-methyl/N-ethyl adjacent to an activating group) is 1. The molecule has 6 rings (SSSR count). The summed E-state index contributed by atoms with van der Waals surface area (Å²) in [7, 11) is 2.96. The molecule has 1 saturated carbocycles. The van der Waals surface area contributed by atoms with Crippen molar-refractivity contribution in [3.63, 3.8) is 0 Å². The number of nitrogens with zero attached hydrogens (tertiary/aromatic N) is 3. The van der Waals surface area contributed by atoms with Gasteiger partial charge in [0.25, 0.3) is 5.91 Å². The number of carbonyl (C=O) groups excluding carboxylic acids is 4. The summed E-state index contributed by atoms with van der Waals surface area (Å²) in [6.07, 6.45) is 1.17. The van der Waals surface area contributed by atoms with Crippen LogP contribution in [0, 0.1) is 17.7 Å². The van der Waals surface area contributed by atoms with Crippen LogP contribution in [0.2, 0.25) is 0 Å². The third kappa shape index (κ3) is 4.02. The van der Waals surface area contributed by atoms with E-state index in [9.17, 15) is 39.6 Å². The minimum Gasteiger partial charge on any atom is -0.508 e. The molecular weight excluding hydrogens is 577 g/mol. The number of phenolic OH excluding ortho intramolecular Hbond substituents is 1. The molecule has 3 aliphatic carbocycles. The van der Waals surface area contributed by atoms with Crippen molar-refractivity contribution in [3.8, 4) is 5.75 Å². The van der Waals surface area contributed by atoms with Crippen LogP contribution in [0.4, 0.5) is 10.1 Å². The van der Waals surface area contributed by atoms with Crippen LogP contribution in [0.3, 0.4) is 0 Å². The second kappa shape index (κ2) is 9.99. The second-order valence-electron chi connectivity index (χ2n) is 11.5. The lowest BCUT2D eigenvalue weighted by atomic mass is 9.57. The number of aliphatic hydroxyl groups is 3. The van der Waals surface area contributed by atoms with E-state index in [-0.39, 0.29) is 30.6 Å². The number of aromatic hydroxyl groups is 1. The van der Waals surface area contributed by atoms with Crippen LogP contribution in [0.1, 0.15) is 17.5 Å². The van der Waals surface area contributed by atoms with Crippen molar-refractivity contribution < 1.29 is 44.0 Å². The molecular formula is C30H28FN5O8. The first-order valence-electron chi connectivity index (χ1n) is 13.7. The molecule has 14 heteroatoms. The van der Waals surface area contributed by atoms with E-state index in [0.717, 1.165) is 11.5 Å².